The smallest absolute Gasteiger partial charge is 0.319 e. The highest BCUT2D eigenvalue weighted by molar-refractivity contribution is 6.47. The summed E-state index contributed by atoms with van der Waals surface area (Å²) in [4.78, 5) is 30.4. The zero-order valence-corrected chi connectivity index (χ0v) is 29.3. The van der Waals surface area contributed by atoms with E-state index in [1.807, 2.05) is 24.4 Å². The summed E-state index contributed by atoms with van der Waals surface area (Å²) in [5.74, 6) is 0.721. The van der Waals surface area contributed by atoms with Gasteiger partial charge in [0, 0.05) is 30.9 Å². The molecule has 2 heterocycles. The number of allylic oxidation sites excluding steroid dienone is 4. The Balaban J connectivity index is 0.00000111. The molecule has 263 valence electrons. The minimum Gasteiger partial charge on any atom is -0.400 e. The van der Waals surface area contributed by atoms with Gasteiger partial charge in [-0.25, -0.2) is 9.18 Å². The zero-order valence-electron chi connectivity index (χ0n) is 29.3. The average Bonchev–Trinajstić information content (AvgIpc) is 3.89. The van der Waals surface area contributed by atoms with E-state index in [1.165, 1.54) is 48.6 Å². The van der Waals surface area contributed by atoms with E-state index in [4.69, 9.17) is 14.9 Å². The van der Waals surface area contributed by atoms with Crippen LogP contribution in [0.25, 0.3) is 10.9 Å². The predicted molar refractivity (Wildman–Crippen MR) is 198 cm³/mol. The second-order valence-corrected chi connectivity index (χ2v) is 12.4. The number of hydrogen-bond acceptors (Lipinski definition) is 7. The van der Waals surface area contributed by atoms with E-state index in [-0.39, 0.29) is 24.8 Å². The molecular weight excluding hydrogens is 622 g/mol. The van der Waals surface area contributed by atoms with Crippen LogP contribution >= 0.6 is 0 Å². The molecule has 1 atom stereocenters. The van der Waals surface area contributed by atoms with E-state index in [1.54, 1.807) is 13.8 Å². The first-order chi connectivity index (χ1) is 23.5. The molecule has 1 aliphatic carbocycles. The van der Waals surface area contributed by atoms with Gasteiger partial charge >= 0.3 is 6.03 Å². The molecule has 8 N–H and O–H groups in total. The van der Waals surface area contributed by atoms with Crippen LogP contribution in [0, 0.1) is 11.7 Å². The molecular formula is C37H51BFN6O4. The number of rotatable bonds is 11. The van der Waals surface area contributed by atoms with Gasteiger partial charge < -0.3 is 32.3 Å². The third-order valence-corrected chi connectivity index (χ3v) is 7.96. The van der Waals surface area contributed by atoms with Crippen LogP contribution < -0.4 is 22.1 Å². The molecule has 1 saturated carbocycles. The third-order valence-electron chi connectivity index (χ3n) is 7.96. The highest BCUT2D eigenvalue weighted by Crippen LogP contribution is 2.41. The molecule has 2 aromatic carbocycles. The number of aromatic nitrogens is 1. The van der Waals surface area contributed by atoms with Gasteiger partial charge in [-0.1, -0.05) is 30.9 Å². The predicted octanol–water partition coefficient (Wildman–Crippen LogP) is 5.21. The van der Waals surface area contributed by atoms with Crippen molar-refractivity contribution < 1.29 is 24.2 Å². The second kappa shape index (κ2) is 20.2. The van der Waals surface area contributed by atoms with Crippen molar-refractivity contribution in [1.82, 2.24) is 10.3 Å². The number of aryl methyl sites for hydroxylation is 1. The number of primary amides is 1. The standard InChI is InChI=1S/C34H39BFN4O2.CH3NO.CH5N.CH4O/c1-21-18-35-30(14-22-5-10-27(36)11-6-22)29(21)17-28(37-4)12-7-23-13-25-16-26(24-8-9-24)19-38-32(25)31(15-23)40-33(41)39-20-34(2,3)42;2-1-3;2*1-2/h5-6,10-11,13,15-17,19,21,24,42H,4,7-9,12,14,18,20H2,1-3H3,(H2,39,40,41);1H,(H2,2,3);2H2,1H3;2H,1H3/b28-17-;;;. The molecule has 3 aromatic rings. The lowest BCUT2D eigenvalue weighted by Gasteiger charge is -2.18. The number of nitrogens with one attached hydrogen (secondary N) is 2. The molecule has 1 radical (unpaired) electrons. The number of aliphatic hydroxyl groups excluding tert-OH is 1. The zero-order chi connectivity index (χ0) is 36.6. The lowest BCUT2D eigenvalue weighted by molar-refractivity contribution is -0.106. The number of nitrogens with zero attached hydrogens (tertiary/aromatic N) is 2. The number of amides is 3. The Bertz CT molecular complexity index is 1600. The van der Waals surface area contributed by atoms with Gasteiger partial charge in [0.2, 0.25) is 6.41 Å². The Morgan fingerprint density at radius 1 is 1.16 bits per heavy atom. The number of benzene rings is 2. The monoisotopic (exact) mass is 673 g/mol. The van der Waals surface area contributed by atoms with Crippen molar-refractivity contribution in [1.29, 1.82) is 0 Å². The number of anilines is 1. The van der Waals surface area contributed by atoms with Crippen molar-refractivity contribution in [2.45, 2.75) is 70.7 Å². The van der Waals surface area contributed by atoms with Gasteiger partial charge in [-0.2, -0.15) is 0 Å². The molecule has 1 aliphatic heterocycles. The number of carbonyl (C=O) groups excluding carboxylic acids is 2. The first kappa shape index (κ1) is 40.8. The quantitative estimate of drug-likeness (QED) is 0.0925. The molecule has 1 unspecified atom stereocenters. The van der Waals surface area contributed by atoms with Crippen molar-refractivity contribution in [3.63, 3.8) is 0 Å². The number of aliphatic hydroxyl groups is 2. The number of urea groups is 1. The number of carbonyl (C=O) groups is 2. The Kier molecular flexibility index (Phi) is 16.8. The number of halogens is 1. The third kappa shape index (κ3) is 13.2. The Labute approximate surface area is 290 Å². The van der Waals surface area contributed by atoms with Gasteiger partial charge in [-0.3, -0.25) is 14.8 Å². The Morgan fingerprint density at radius 2 is 1.82 bits per heavy atom. The SMILES string of the molecule is C=N/C(=C\C1=C(Cc2ccc(F)cc2)[B]CC1C)CCc1cc(NC(=O)NCC(C)(C)O)c2ncc(C3CC3)cc2c1.CN.CO.NC=O. The van der Waals surface area contributed by atoms with Crippen LogP contribution in [0.15, 0.2) is 76.5 Å². The summed E-state index contributed by atoms with van der Waals surface area (Å²) in [6, 6.07) is 12.6. The van der Waals surface area contributed by atoms with Crippen molar-refractivity contribution in [3.8, 4) is 0 Å². The number of pyridine rings is 1. The summed E-state index contributed by atoms with van der Waals surface area (Å²) in [6.45, 7) is 9.50. The van der Waals surface area contributed by atoms with E-state index >= 15 is 0 Å². The summed E-state index contributed by atoms with van der Waals surface area (Å²) in [5.41, 5.74) is 15.8. The maximum absolute atomic E-state index is 13.4. The first-order valence-corrected chi connectivity index (χ1v) is 16.3. The minimum absolute atomic E-state index is 0.129. The van der Waals surface area contributed by atoms with E-state index < -0.39 is 5.60 Å². The van der Waals surface area contributed by atoms with E-state index in [0.717, 1.165) is 47.6 Å². The second-order valence-electron chi connectivity index (χ2n) is 12.4. The summed E-state index contributed by atoms with van der Waals surface area (Å²) < 4.78 is 13.4. The maximum Gasteiger partial charge on any atom is 0.319 e. The van der Waals surface area contributed by atoms with E-state index in [9.17, 15) is 14.3 Å². The van der Waals surface area contributed by atoms with Gasteiger partial charge in [0.05, 0.1) is 16.8 Å². The van der Waals surface area contributed by atoms with Gasteiger partial charge in [0.15, 0.2) is 0 Å². The van der Waals surface area contributed by atoms with Crippen LogP contribution in [0.2, 0.25) is 6.32 Å². The highest BCUT2D eigenvalue weighted by atomic mass is 19.1. The fourth-order valence-electron chi connectivity index (χ4n) is 5.43. The normalized spacial score (nSPS) is 15.4. The molecule has 0 bridgehead atoms. The van der Waals surface area contributed by atoms with Gasteiger partial charge in [0.1, 0.15) is 13.1 Å². The number of nitrogens with two attached hydrogens (primary N) is 2. The summed E-state index contributed by atoms with van der Waals surface area (Å²) in [6.07, 6.45) is 9.83. The highest BCUT2D eigenvalue weighted by Gasteiger charge is 2.25. The lowest BCUT2D eigenvalue weighted by Crippen LogP contribution is -2.40. The van der Waals surface area contributed by atoms with Crippen LogP contribution in [-0.2, 0) is 17.6 Å². The van der Waals surface area contributed by atoms with E-state index in [2.05, 4.69) is 66.2 Å². The number of fused-ring (bicyclic) bond motifs is 1. The molecule has 0 spiro atoms. The Morgan fingerprint density at radius 3 is 2.41 bits per heavy atom. The molecule has 3 amide bonds. The van der Waals surface area contributed by atoms with Gasteiger partial charge in [0.25, 0.3) is 0 Å². The van der Waals surface area contributed by atoms with Crippen LogP contribution in [-0.4, -0.2) is 67.9 Å². The number of aliphatic imine (C=N–C) groups is 1. The molecule has 0 saturated heterocycles. The maximum atomic E-state index is 13.4. The van der Waals surface area contributed by atoms with Crippen LogP contribution in [0.4, 0.5) is 14.9 Å². The molecule has 2 aliphatic rings. The van der Waals surface area contributed by atoms with Crippen LogP contribution in [0.1, 0.15) is 62.6 Å². The van der Waals surface area contributed by atoms with Crippen molar-refractivity contribution in [2.75, 3.05) is 26.0 Å². The van der Waals surface area contributed by atoms with E-state index in [0.29, 0.717) is 30.4 Å². The topological polar surface area (TPSA) is 176 Å². The fourth-order valence-corrected chi connectivity index (χ4v) is 5.43. The molecule has 49 heavy (non-hydrogen) atoms. The molecule has 12 heteroatoms. The van der Waals surface area contributed by atoms with Crippen molar-refractivity contribution >= 4 is 43.0 Å². The largest absolute Gasteiger partial charge is 0.400 e. The van der Waals surface area contributed by atoms with Crippen LogP contribution in [0.3, 0.4) is 0 Å². The molecule has 1 fully saturated rings. The van der Waals surface area contributed by atoms with Crippen molar-refractivity contribution in [3.05, 3.63) is 94.0 Å². The van der Waals surface area contributed by atoms with Crippen LogP contribution in [0.5, 0.6) is 0 Å². The lowest BCUT2D eigenvalue weighted by atomic mass is 9.68. The molecule has 10 nitrogen and oxygen atoms in total. The fraction of sp³-hybridized carbons (Fsp3) is 0.405. The average molecular weight is 674 g/mol. The summed E-state index contributed by atoms with van der Waals surface area (Å²) in [5, 5.41) is 23.7. The van der Waals surface area contributed by atoms with Gasteiger partial charge in [-0.05, 0) is 125 Å². The summed E-state index contributed by atoms with van der Waals surface area (Å²) in [7, 11) is 4.77. The van der Waals surface area contributed by atoms with Crippen molar-refractivity contribution in [2.24, 2.45) is 22.4 Å². The minimum atomic E-state index is -1.01. The first-order valence-electron chi connectivity index (χ1n) is 16.3. The number of hydrogen-bond donors (Lipinski definition) is 6. The summed E-state index contributed by atoms with van der Waals surface area (Å²) >= 11 is 0. The Hall–Kier alpha value is -4.39. The molecule has 5 rings (SSSR count). The molecule has 1 aromatic heterocycles. The van der Waals surface area contributed by atoms with Gasteiger partial charge in [-0.15, -0.1) is 5.47 Å².